The lowest BCUT2D eigenvalue weighted by molar-refractivity contribution is -0.119. The van der Waals surface area contributed by atoms with Crippen LogP contribution in [0.2, 0.25) is 0 Å². The minimum atomic E-state index is -0.743. The zero-order chi connectivity index (χ0) is 17.3. The van der Waals surface area contributed by atoms with Gasteiger partial charge in [0.25, 0.3) is 0 Å². The quantitative estimate of drug-likeness (QED) is 0.795. The lowest BCUT2D eigenvalue weighted by Gasteiger charge is -2.23. The van der Waals surface area contributed by atoms with Gasteiger partial charge in [0.15, 0.2) is 0 Å². The Balaban J connectivity index is 3.05. The average Bonchev–Trinajstić information content (AvgIpc) is 2.71. The summed E-state index contributed by atoms with van der Waals surface area (Å²) in [6.45, 7) is 13.7. The van der Waals surface area contributed by atoms with Gasteiger partial charge in [-0.2, -0.15) is 5.10 Å². The molecule has 4 N–H and O–H groups in total. The minimum Gasteiger partial charge on any atom is -0.368 e. The Kier molecular flexibility index (Phi) is 4.89. The van der Waals surface area contributed by atoms with Crippen molar-refractivity contribution in [3.05, 3.63) is 11.8 Å². The standard InChI is InChI=1S/C15H27N5O2/c1-9(12(16)21)17-13(22)18-11-8-10(14(2,3)4)19-20(11)15(5,6)7/h8-9H,1-7H3,(H2,16,21)(H2,17,18,22)/t9-/m0/s1. The Morgan fingerprint density at radius 1 is 1.23 bits per heavy atom. The molecule has 124 valence electrons. The number of carbonyl (C=O) groups excluding carboxylic acids is 2. The molecule has 7 nitrogen and oxygen atoms in total. The lowest BCUT2D eigenvalue weighted by Crippen LogP contribution is -2.44. The van der Waals surface area contributed by atoms with E-state index in [1.54, 1.807) is 4.68 Å². The van der Waals surface area contributed by atoms with Crippen LogP contribution in [-0.4, -0.2) is 27.8 Å². The number of nitrogens with zero attached hydrogens (tertiary/aromatic N) is 2. The van der Waals surface area contributed by atoms with Crippen molar-refractivity contribution in [2.75, 3.05) is 5.32 Å². The Labute approximate surface area is 131 Å². The van der Waals surface area contributed by atoms with Crippen LogP contribution in [0.4, 0.5) is 10.6 Å². The van der Waals surface area contributed by atoms with Crippen LogP contribution in [0.5, 0.6) is 0 Å². The molecule has 1 heterocycles. The highest BCUT2D eigenvalue weighted by Gasteiger charge is 2.26. The van der Waals surface area contributed by atoms with Crippen LogP contribution < -0.4 is 16.4 Å². The van der Waals surface area contributed by atoms with Gasteiger partial charge in [0.1, 0.15) is 11.9 Å². The number of aromatic nitrogens is 2. The van der Waals surface area contributed by atoms with Gasteiger partial charge in [-0.15, -0.1) is 0 Å². The van der Waals surface area contributed by atoms with Gasteiger partial charge in [0.05, 0.1) is 11.2 Å². The first-order valence-corrected chi connectivity index (χ1v) is 7.30. The van der Waals surface area contributed by atoms with Crippen molar-refractivity contribution in [2.45, 2.75) is 65.5 Å². The van der Waals surface area contributed by atoms with Gasteiger partial charge in [0, 0.05) is 11.5 Å². The molecule has 0 spiro atoms. The number of hydrogen-bond acceptors (Lipinski definition) is 3. The highest BCUT2D eigenvalue weighted by Crippen LogP contribution is 2.28. The Morgan fingerprint density at radius 2 is 1.77 bits per heavy atom. The molecule has 0 saturated heterocycles. The number of rotatable bonds is 3. The fourth-order valence-corrected chi connectivity index (χ4v) is 1.77. The molecule has 0 aliphatic heterocycles. The van der Waals surface area contributed by atoms with E-state index in [9.17, 15) is 9.59 Å². The number of hydrogen-bond donors (Lipinski definition) is 3. The van der Waals surface area contributed by atoms with Gasteiger partial charge in [0.2, 0.25) is 5.91 Å². The van der Waals surface area contributed by atoms with Gasteiger partial charge in [-0.05, 0) is 27.7 Å². The second-order valence-electron chi connectivity index (χ2n) is 7.47. The van der Waals surface area contributed by atoms with Crippen molar-refractivity contribution in [1.82, 2.24) is 15.1 Å². The normalized spacial score (nSPS) is 13.6. The maximum atomic E-state index is 12.0. The predicted octanol–water partition coefficient (Wildman–Crippen LogP) is 1.93. The highest BCUT2D eigenvalue weighted by atomic mass is 16.2. The summed E-state index contributed by atoms with van der Waals surface area (Å²) in [4.78, 5) is 23.0. The predicted molar refractivity (Wildman–Crippen MR) is 86.7 cm³/mol. The fraction of sp³-hybridized carbons (Fsp3) is 0.667. The number of anilines is 1. The Morgan fingerprint density at radius 3 is 2.18 bits per heavy atom. The zero-order valence-electron chi connectivity index (χ0n) is 14.4. The number of carbonyl (C=O) groups is 2. The monoisotopic (exact) mass is 309 g/mol. The van der Waals surface area contributed by atoms with E-state index >= 15 is 0 Å². The molecule has 3 amide bonds. The second-order valence-corrected chi connectivity index (χ2v) is 7.47. The Bertz CT molecular complexity index is 563. The van der Waals surface area contributed by atoms with E-state index in [1.165, 1.54) is 6.92 Å². The Hall–Kier alpha value is -2.05. The smallest absolute Gasteiger partial charge is 0.321 e. The fourth-order valence-electron chi connectivity index (χ4n) is 1.77. The van der Waals surface area contributed by atoms with Gasteiger partial charge in [-0.25, -0.2) is 9.48 Å². The first-order chi connectivity index (χ1) is 9.82. The molecular weight excluding hydrogens is 282 g/mol. The molecule has 22 heavy (non-hydrogen) atoms. The summed E-state index contributed by atoms with van der Waals surface area (Å²) in [6, 6.07) is 0.616. The minimum absolute atomic E-state index is 0.135. The number of nitrogens with two attached hydrogens (primary N) is 1. The van der Waals surface area contributed by atoms with E-state index in [0.717, 1.165) is 5.69 Å². The van der Waals surface area contributed by atoms with Crippen molar-refractivity contribution in [3.63, 3.8) is 0 Å². The molecule has 0 aliphatic carbocycles. The van der Waals surface area contributed by atoms with Crippen LogP contribution in [0.15, 0.2) is 6.07 Å². The number of urea groups is 1. The molecule has 0 bridgehead atoms. The van der Waals surface area contributed by atoms with Gasteiger partial charge >= 0.3 is 6.03 Å². The molecule has 7 heteroatoms. The molecule has 1 aromatic rings. The van der Waals surface area contributed by atoms with E-state index in [-0.39, 0.29) is 11.0 Å². The van der Waals surface area contributed by atoms with E-state index in [1.807, 2.05) is 26.8 Å². The third kappa shape index (κ3) is 4.47. The summed E-state index contributed by atoms with van der Waals surface area (Å²) < 4.78 is 1.77. The molecule has 0 aliphatic rings. The van der Waals surface area contributed by atoms with Gasteiger partial charge < -0.3 is 11.1 Å². The summed E-state index contributed by atoms with van der Waals surface area (Å²) in [7, 11) is 0. The summed E-state index contributed by atoms with van der Waals surface area (Å²) in [5, 5.41) is 9.83. The summed E-state index contributed by atoms with van der Waals surface area (Å²) >= 11 is 0. The van der Waals surface area contributed by atoms with Crippen LogP contribution >= 0.6 is 0 Å². The molecular formula is C15H27N5O2. The first kappa shape index (κ1) is 18.0. The largest absolute Gasteiger partial charge is 0.368 e. The van der Waals surface area contributed by atoms with Crippen LogP contribution in [0.25, 0.3) is 0 Å². The first-order valence-electron chi connectivity index (χ1n) is 7.30. The van der Waals surface area contributed by atoms with Crippen molar-refractivity contribution in [3.8, 4) is 0 Å². The third-order valence-corrected chi connectivity index (χ3v) is 3.13. The van der Waals surface area contributed by atoms with Crippen molar-refractivity contribution in [1.29, 1.82) is 0 Å². The molecule has 0 radical (unpaired) electrons. The molecule has 0 fully saturated rings. The van der Waals surface area contributed by atoms with Crippen LogP contribution in [0.3, 0.4) is 0 Å². The zero-order valence-corrected chi connectivity index (χ0v) is 14.4. The van der Waals surface area contributed by atoms with Crippen LogP contribution in [-0.2, 0) is 15.7 Å². The van der Waals surface area contributed by atoms with E-state index in [0.29, 0.717) is 5.82 Å². The third-order valence-electron chi connectivity index (χ3n) is 3.13. The van der Waals surface area contributed by atoms with Gasteiger partial charge in [-0.3, -0.25) is 10.1 Å². The number of primary amides is 1. The SMILES string of the molecule is C[C@H](NC(=O)Nc1cc(C(C)(C)C)nn1C(C)(C)C)C(N)=O. The second kappa shape index (κ2) is 5.98. The number of nitrogens with one attached hydrogen (secondary N) is 2. The van der Waals surface area contributed by atoms with E-state index < -0.39 is 18.0 Å². The highest BCUT2D eigenvalue weighted by molar-refractivity contribution is 5.92. The van der Waals surface area contributed by atoms with Crippen molar-refractivity contribution >= 4 is 17.8 Å². The average molecular weight is 309 g/mol. The van der Waals surface area contributed by atoms with Crippen LogP contribution in [0.1, 0.15) is 54.2 Å². The number of amides is 3. The lowest BCUT2D eigenvalue weighted by atomic mass is 9.92. The maximum absolute atomic E-state index is 12.0. The molecule has 1 rings (SSSR count). The molecule has 0 saturated carbocycles. The summed E-state index contributed by atoms with van der Waals surface area (Å²) in [5.41, 5.74) is 5.59. The van der Waals surface area contributed by atoms with Crippen molar-refractivity contribution < 1.29 is 9.59 Å². The summed E-state index contributed by atoms with van der Waals surface area (Å²) in [5.74, 6) is -0.0125. The molecule has 1 aromatic heterocycles. The molecule has 1 atom stereocenters. The van der Waals surface area contributed by atoms with Crippen LogP contribution in [0, 0.1) is 0 Å². The van der Waals surface area contributed by atoms with Crippen molar-refractivity contribution in [2.24, 2.45) is 5.73 Å². The maximum Gasteiger partial charge on any atom is 0.321 e. The summed E-state index contributed by atoms with van der Waals surface area (Å²) in [6.07, 6.45) is 0. The van der Waals surface area contributed by atoms with E-state index in [4.69, 9.17) is 5.73 Å². The van der Waals surface area contributed by atoms with E-state index in [2.05, 4.69) is 36.5 Å². The van der Waals surface area contributed by atoms with Gasteiger partial charge in [-0.1, -0.05) is 20.8 Å². The molecule has 0 unspecified atom stereocenters. The molecule has 0 aromatic carbocycles. The topological polar surface area (TPSA) is 102 Å².